The van der Waals surface area contributed by atoms with Gasteiger partial charge in [-0.2, -0.15) is 0 Å². The number of rotatable bonds is 5. The van der Waals surface area contributed by atoms with Crippen LogP contribution in [0.15, 0.2) is 30.3 Å². The molecule has 136 valence electrons. The Balaban J connectivity index is 1.45. The molecule has 3 aliphatic rings. The van der Waals surface area contributed by atoms with Gasteiger partial charge in [0.2, 0.25) is 0 Å². The van der Waals surface area contributed by atoms with E-state index < -0.39 is 0 Å². The van der Waals surface area contributed by atoms with Gasteiger partial charge in [0.1, 0.15) is 6.10 Å². The third-order valence-electron chi connectivity index (χ3n) is 6.03. The normalized spacial score (nSPS) is 30.8. The van der Waals surface area contributed by atoms with Gasteiger partial charge >= 0.3 is 0 Å². The fourth-order valence-corrected chi connectivity index (χ4v) is 4.73. The fraction of sp³-hybridized carbons (Fsp3) is 0.650. The Hall–Kier alpha value is -1.43. The molecule has 5 nitrogen and oxygen atoms in total. The average Bonchev–Trinajstić information content (AvgIpc) is 3.14. The molecular weight excluding hydrogens is 316 g/mol. The van der Waals surface area contributed by atoms with Crippen LogP contribution >= 0.6 is 0 Å². The SMILES string of the molecule is CO[C@@H]1C(=O)N(Cc2ccccc2)[C@@H]2CN(CC3CCOCC3)C[C@H]12. The van der Waals surface area contributed by atoms with Crippen LogP contribution in [0.4, 0.5) is 0 Å². The van der Waals surface area contributed by atoms with Crippen molar-refractivity contribution in [3.63, 3.8) is 0 Å². The lowest BCUT2D eigenvalue weighted by atomic mass is 9.99. The van der Waals surface area contributed by atoms with E-state index >= 15 is 0 Å². The van der Waals surface area contributed by atoms with Gasteiger partial charge in [0.15, 0.2) is 0 Å². The molecule has 0 radical (unpaired) electrons. The van der Waals surface area contributed by atoms with E-state index in [1.807, 2.05) is 18.2 Å². The van der Waals surface area contributed by atoms with Crippen LogP contribution in [0.1, 0.15) is 18.4 Å². The van der Waals surface area contributed by atoms with E-state index in [1.54, 1.807) is 7.11 Å². The standard InChI is InChI=1S/C20H28N2O3/c1-24-19-17-13-21(11-16-7-9-25-10-8-16)14-18(17)22(20(19)23)12-15-5-3-2-4-6-15/h2-6,16-19H,7-14H2,1H3/t17-,18+,19-/m0/s1. The molecule has 3 saturated heterocycles. The molecule has 3 heterocycles. The van der Waals surface area contributed by atoms with Crippen molar-refractivity contribution < 1.29 is 14.3 Å². The minimum absolute atomic E-state index is 0.159. The van der Waals surface area contributed by atoms with Gasteiger partial charge in [-0.05, 0) is 24.3 Å². The minimum Gasteiger partial charge on any atom is -0.381 e. The number of hydrogen-bond donors (Lipinski definition) is 0. The van der Waals surface area contributed by atoms with E-state index in [4.69, 9.17) is 9.47 Å². The Morgan fingerprint density at radius 2 is 1.92 bits per heavy atom. The highest BCUT2D eigenvalue weighted by Crippen LogP contribution is 2.36. The molecule has 0 unspecified atom stereocenters. The topological polar surface area (TPSA) is 42.0 Å². The number of methoxy groups -OCH3 is 1. The first-order valence-electron chi connectivity index (χ1n) is 9.43. The maximum Gasteiger partial charge on any atom is 0.252 e. The zero-order chi connectivity index (χ0) is 17.2. The lowest BCUT2D eigenvalue weighted by Gasteiger charge is -2.29. The summed E-state index contributed by atoms with van der Waals surface area (Å²) in [4.78, 5) is 17.4. The van der Waals surface area contributed by atoms with Crippen molar-refractivity contribution in [1.82, 2.24) is 9.80 Å². The highest BCUT2D eigenvalue weighted by Gasteiger charge is 2.52. The number of benzene rings is 1. The van der Waals surface area contributed by atoms with Crippen molar-refractivity contribution in [2.75, 3.05) is 40.0 Å². The average molecular weight is 344 g/mol. The first kappa shape index (κ1) is 17.0. The Morgan fingerprint density at radius 3 is 2.64 bits per heavy atom. The highest BCUT2D eigenvalue weighted by molar-refractivity contribution is 5.84. The highest BCUT2D eigenvalue weighted by atomic mass is 16.5. The maximum absolute atomic E-state index is 12.8. The summed E-state index contributed by atoms with van der Waals surface area (Å²) in [5, 5.41) is 0. The van der Waals surface area contributed by atoms with E-state index in [9.17, 15) is 4.79 Å². The molecule has 1 aromatic carbocycles. The van der Waals surface area contributed by atoms with Gasteiger partial charge in [-0.3, -0.25) is 4.79 Å². The Bertz CT molecular complexity index is 588. The molecule has 1 aromatic rings. The lowest BCUT2D eigenvalue weighted by molar-refractivity contribution is -0.138. The number of carbonyl (C=O) groups is 1. The predicted molar refractivity (Wildman–Crippen MR) is 95.1 cm³/mol. The summed E-state index contributed by atoms with van der Waals surface area (Å²) in [6.45, 7) is 5.54. The molecule has 0 bridgehead atoms. The smallest absolute Gasteiger partial charge is 0.252 e. The van der Waals surface area contributed by atoms with E-state index in [0.29, 0.717) is 12.5 Å². The van der Waals surface area contributed by atoms with Crippen molar-refractivity contribution in [3.05, 3.63) is 35.9 Å². The molecule has 25 heavy (non-hydrogen) atoms. The molecule has 0 saturated carbocycles. The Labute approximate surface area is 149 Å². The molecule has 3 aliphatic heterocycles. The number of likely N-dealkylation sites (tertiary alicyclic amines) is 2. The molecule has 0 aliphatic carbocycles. The van der Waals surface area contributed by atoms with Gasteiger partial charge < -0.3 is 19.3 Å². The van der Waals surface area contributed by atoms with Crippen LogP contribution in [0.25, 0.3) is 0 Å². The molecule has 3 fully saturated rings. The van der Waals surface area contributed by atoms with Crippen molar-refractivity contribution >= 4 is 5.91 Å². The second kappa shape index (κ2) is 7.44. The van der Waals surface area contributed by atoms with E-state index in [-0.39, 0.29) is 18.1 Å². The molecule has 1 amide bonds. The van der Waals surface area contributed by atoms with Crippen LogP contribution in [-0.2, 0) is 20.8 Å². The Morgan fingerprint density at radius 1 is 1.16 bits per heavy atom. The van der Waals surface area contributed by atoms with Crippen LogP contribution in [0, 0.1) is 11.8 Å². The number of carbonyl (C=O) groups excluding carboxylic acids is 1. The maximum atomic E-state index is 12.8. The molecule has 0 aromatic heterocycles. The van der Waals surface area contributed by atoms with Gasteiger partial charge in [0.05, 0.1) is 6.04 Å². The van der Waals surface area contributed by atoms with Crippen molar-refractivity contribution in [2.45, 2.75) is 31.5 Å². The molecule has 3 atom stereocenters. The van der Waals surface area contributed by atoms with Crippen LogP contribution in [0.2, 0.25) is 0 Å². The van der Waals surface area contributed by atoms with E-state index in [1.165, 1.54) is 5.56 Å². The van der Waals surface area contributed by atoms with Gasteiger partial charge in [0.25, 0.3) is 5.91 Å². The lowest BCUT2D eigenvalue weighted by Crippen LogP contribution is -2.40. The summed E-state index contributed by atoms with van der Waals surface area (Å²) in [6.07, 6.45) is 2.03. The number of fused-ring (bicyclic) bond motifs is 1. The first-order chi connectivity index (χ1) is 12.3. The zero-order valence-electron chi connectivity index (χ0n) is 15.0. The second-order valence-electron chi connectivity index (χ2n) is 7.61. The van der Waals surface area contributed by atoms with Crippen LogP contribution in [0.5, 0.6) is 0 Å². The van der Waals surface area contributed by atoms with Gasteiger partial charge in [-0.1, -0.05) is 30.3 Å². The van der Waals surface area contributed by atoms with E-state index in [2.05, 4.69) is 21.9 Å². The minimum atomic E-state index is -0.284. The van der Waals surface area contributed by atoms with Gasteiger partial charge in [-0.25, -0.2) is 0 Å². The summed E-state index contributed by atoms with van der Waals surface area (Å²) in [5.41, 5.74) is 1.19. The summed E-state index contributed by atoms with van der Waals surface area (Å²) in [7, 11) is 1.67. The molecule has 5 heteroatoms. The molecule has 0 N–H and O–H groups in total. The Kier molecular flexibility index (Phi) is 5.06. The van der Waals surface area contributed by atoms with Gasteiger partial charge in [-0.15, -0.1) is 0 Å². The monoisotopic (exact) mass is 344 g/mol. The third-order valence-corrected chi connectivity index (χ3v) is 6.03. The quantitative estimate of drug-likeness (QED) is 0.816. The summed E-state index contributed by atoms with van der Waals surface area (Å²) >= 11 is 0. The second-order valence-corrected chi connectivity index (χ2v) is 7.61. The number of amides is 1. The number of ether oxygens (including phenoxy) is 2. The van der Waals surface area contributed by atoms with Crippen molar-refractivity contribution in [2.24, 2.45) is 11.8 Å². The van der Waals surface area contributed by atoms with E-state index in [0.717, 1.165) is 51.6 Å². The predicted octanol–water partition coefficient (Wildman–Crippen LogP) is 1.77. The van der Waals surface area contributed by atoms with Crippen LogP contribution < -0.4 is 0 Å². The third kappa shape index (κ3) is 3.46. The fourth-order valence-electron chi connectivity index (χ4n) is 4.73. The van der Waals surface area contributed by atoms with Crippen molar-refractivity contribution in [3.8, 4) is 0 Å². The first-order valence-corrected chi connectivity index (χ1v) is 9.43. The summed E-state index contributed by atoms with van der Waals surface area (Å²) in [5.74, 6) is 1.18. The summed E-state index contributed by atoms with van der Waals surface area (Å²) < 4.78 is 11.1. The molecule has 0 spiro atoms. The zero-order valence-corrected chi connectivity index (χ0v) is 15.0. The van der Waals surface area contributed by atoms with Crippen LogP contribution in [-0.4, -0.2) is 67.8 Å². The summed E-state index contributed by atoms with van der Waals surface area (Å²) in [6, 6.07) is 10.5. The van der Waals surface area contributed by atoms with Crippen molar-refractivity contribution in [1.29, 1.82) is 0 Å². The largest absolute Gasteiger partial charge is 0.381 e. The van der Waals surface area contributed by atoms with Gasteiger partial charge in [0, 0.05) is 52.4 Å². The number of nitrogens with zero attached hydrogens (tertiary/aromatic N) is 2. The molecular formula is C20H28N2O3. The molecule has 4 rings (SSSR count). The van der Waals surface area contributed by atoms with Crippen LogP contribution in [0.3, 0.4) is 0 Å². The number of hydrogen-bond acceptors (Lipinski definition) is 4.